The van der Waals surface area contributed by atoms with Gasteiger partial charge in [-0.1, -0.05) is 32.9 Å². The second-order valence-electron chi connectivity index (χ2n) is 6.23. The van der Waals surface area contributed by atoms with Crippen molar-refractivity contribution >= 4 is 17.7 Å². The highest BCUT2D eigenvalue weighted by Crippen LogP contribution is 2.39. The number of rotatable bonds is 4. The zero-order valence-corrected chi connectivity index (χ0v) is 12.5. The Morgan fingerprint density at radius 2 is 1.89 bits per heavy atom. The maximum Gasteiger partial charge on any atom is 0.304 e. The summed E-state index contributed by atoms with van der Waals surface area (Å²) in [6.07, 6.45) is 0.214. The van der Waals surface area contributed by atoms with E-state index in [4.69, 9.17) is 5.11 Å². The predicted octanol–water partition coefficient (Wildman–Crippen LogP) is 2.89. The minimum atomic E-state index is -0.722. The molecule has 19 heavy (non-hydrogen) atoms. The first-order chi connectivity index (χ1) is 8.81. The normalized spacial score (nSPS) is 17.8. The molecule has 0 aliphatic carbocycles. The van der Waals surface area contributed by atoms with E-state index < -0.39 is 5.97 Å². The number of thioether (sulfide) groups is 1. The smallest absolute Gasteiger partial charge is 0.304 e. The molecule has 0 bridgehead atoms. The summed E-state index contributed by atoms with van der Waals surface area (Å²) in [4.78, 5) is 12.1. The van der Waals surface area contributed by atoms with Crippen molar-refractivity contribution in [1.82, 2.24) is 5.32 Å². The van der Waals surface area contributed by atoms with Gasteiger partial charge >= 0.3 is 5.97 Å². The third-order valence-electron chi connectivity index (χ3n) is 3.42. The van der Waals surface area contributed by atoms with Crippen LogP contribution >= 0.6 is 11.8 Å². The minimum absolute atomic E-state index is 0.153. The average molecular weight is 279 g/mol. The molecule has 1 aliphatic rings. The van der Waals surface area contributed by atoms with Crippen LogP contribution in [0.25, 0.3) is 0 Å². The second-order valence-corrected chi connectivity index (χ2v) is 7.78. The van der Waals surface area contributed by atoms with Crippen molar-refractivity contribution < 1.29 is 9.90 Å². The Balaban J connectivity index is 2.08. The molecule has 1 aromatic carbocycles. The fraction of sp³-hybridized carbons (Fsp3) is 0.533. The Morgan fingerprint density at radius 1 is 1.32 bits per heavy atom. The van der Waals surface area contributed by atoms with Gasteiger partial charge in [0.2, 0.25) is 0 Å². The van der Waals surface area contributed by atoms with E-state index >= 15 is 0 Å². The lowest BCUT2D eigenvalue weighted by molar-refractivity contribution is -0.138. The maximum absolute atomic E-state index is 10.9. The van der Waals surface area contributed by atoms with E-state index in [0.717, 1.165) is 18.0 Å². The Labute approximate surface area is 118 Å². The van der Waals surface area contributed by atoms with Crippen molar-refractivity contribution in [1.29, 1.82) is 0 Å². The molecule has 104 valence electrons. The van der Waals surface area contributed by atoms with Crippen molar-refractivity contribution in [3.05, 3.63) is 29.8 Å². The zero-order chi connectivity index (χ0) is 14.1. The molecule has 0 aromatic heterocycles. The van der Waals surface area contributed by atoms with E-state index in [0.29, 0.717) is 0 Å². The first-order valence-corrected chi connectivity index (χ1v) is 7.35. The SMILES string of the molecule is CC(C)(C)c1ccc(SC2(CC(=O)O)CNC2)cc1. The summed E-state index contributed by atoms with van der Waals surface area (Å²) in [5.41, 5.74) is 1.45. The van der Waals surface area contributed by atoms with Gasteiger partial charge in [0.05, 0.1) is 11.2 Å². The number of carbonyl (C=O) groups is 1. The summed E-state index contributed by atoms with van der Waals surface area (Å²) in [5, 5.41) is 12.2. The van der Waals surface area contributed by atoms with Crippen LogP contribution in [0.3, 0.4) is 0 Å². The summed E-state index contributed by atoms with van der Waals surface area (Å²) >= 11 is 1.68. The number of hydrogen-bond donors (Lipinski definition) is 2. The van der Waals surface area contributed by atoms with Gasteiger partial charge in [-0.3, -0.25) is 4.79 Å². The molecule has 0 spiro atoms. The van der Waals surface area contributed by atoms with Crippen LogP contribution < -0.4 is 5.32 Å². The number of hydrogen-bond acceptors (Lipinski definition) is 3. The fourth-order valence-electron chi connectivity index (χ4n) is 2.19. The highest BCUT2D eigenvalue weighted by Gasteiger charge is 2.40. The van der Waals surface area contributed by atoms with Gasteiger partial charge in [-0.05, 0) is 23.1 Å². The van der Waals surface area contributed by atoms with Crippen LogP contribution in [0.5, 0.6) is 0 Å². The van der Waals surface area contributed by atoms with E-state index in [9.17, 15) is 4.79 Å². The molecule has 3 nitrogen and oxygen atoms in total. The first kappa shape index (κ1) is 14.4. The maximum atomic E-state index is 10.9. The molecule has 1 aromatic rings. The lowest BCUT2D eigenvalue weighted by atomic mass is 9.87. The average Bonchev–Trinajstić information content (AvgIpc) is 2.25. The second kappa shape index (κ2) is 5.17. The number of benzene rings is 1. The Kier molecular flexibility index (Phi) is 3.92. The Bertz CT molecular complexity index is 458. The largest absolute Gasteiger partial charge is 0.481 e. The van der Waals surface area contributed by atoms with Gasteiger partial charge in [0, 0.05) is 18.0 Å². The molecule has 1 aliphatic heterocycles. The minimum Gasteiger partial charge on any atom is -0.481 e. The van der Waals surface area contributed by atoms with Crippen LogP contribution in [0.15, 0.2) is 29.2 Å². The van der Waals surface area contributed by atoms with Gasteiger partial charge in [0.1, 0.15) is 0 Å². The molecular weight excluding hydrogens is 258 g/mol. The van der Waals surface area contributed by atoms with Gasteiger partial charge in [-0.2, -0.15) is 0 Å². The molecule has 0 saturated carbocycles. The van der Waals surface area contributed by atoms with Crippen LogP contribution in [0.1, 0.15) is 32.8 Å². The molecule has 0 amide bonds. The first-order valence-electron chi connectivity index (χ1n) is 6.53. The van der Waals surface area contributed by atoms with Crippen molar-refractivity contribution in [3.63, 3.8) is 0 Å². The molecule has 4 heteroatoms. The van der Waals surface area contributed by atoms with Gasteiger partial charge in [-0.25, -0.2) is 0 Å². The standard InChI is InChI=1S/C15H21NO2S/c1-14(2,3)11-4-6-12(7-5-11)19-15(8-13(17)18)9-16-10-15/h4-7,16H,8-10H2,1-3H3,(H,17,18). The van der Waals surface area contributed by atoms with Crippen LogP contribution in [0.4, 0.5) is 0 Å². The van der Waals surface area contributed by atoms with Crippen LogP contribution in [0.2, 0.25) is 0 Å². The van der Waals surface area contributed by atoms with Crippen LogP contribution in [-0.4, -0.2) is 28.9 Å². The highest BCUT2D eigenvalue weighted by molar-refractivity contribution is 8.00. The molecule has 2 N–H and O–H groups in total. The summed E-state index contributed by atoms with van der Waals surface area (Å²) in [6, 6.07) is 8.49. The number of aliphatic carboxylic acids is 1. The molecule has 2 rings (SSSR count). The molecule has 1 heterocycles. The summed E-state index contributed by atoms with van der Waals surface area (Å²) in [7, 11) is 0. The van der Waals surface area contributed by atoms with E-state index in [-0.39, 0.29) is 16.6 Å². The van der Waals surface area contributed by atoms with E-state index in [1.165, 1.54) is 5.56 Å². The summed E-state index contributed by atoms with van der Waals surface area (Å²) < 4.78 is -0.172. The Morgan fingerprint density at radius 3 is 2.26 bits per heavy atom. The molecule has 0 radical (unpaired) electrons. The molecule has 1 saturated heterocycles. The molecule has 0 unspecified atom stereocenters. The topological polar surface area (TPSA) is 49.3 Å². The Hall–Kier alpha value is -1.00. The van der Waals surface area contributed by atoms with Gasteiger partial charge in [0.15, 0.2) is 0 Å². The molecular formula is C15H21NO2S. The lowest BCUT2D eigenvalue weighted by Crippen LogP contribution is -2.57. The van der Waals surface area contributed by atoms with Crippen molar-refractivity contribution in [2.45, 2.75) is 42.2 Å². The van der Waals surface area contributed by atoms with Gasteiger partial charge in [0.25, 0.3) is 0 Å². The van der Waals surface area contributed by atoms with Crippen LogP contribution in [-0.2, 0) is 10.2 Å². The van der Waals surface area contributed by atoms with Gasteiger partial charge in [-0.15, -0.1) is 11.8 Å². The van der Waals surface area contributed by atoms with Crippen LogP contribution in [0, 0.1) is 0 Å². The fourth-order valence-corrected chi connectivity index (χ4v) is 3.50. The van der Waals surface area contributed by atoms with Crippen molar-refractivity contribution in [3.8, 4) is 0 Å². The number of nitrogens with one attached hydrogen (secondary N) is 1. The lowest BCUT2D eigenvalue weighted by Gasteiger charge is -2.41. The quantitative estimate of drug-likeness (QED) is 0.890. The molecule has 1 fully saturated rings. The zero-order valence-electron chi connectivity index (χ0n) is 11.7. The van der Waals surface area contributed by atoms with E-state index in [1.807, 2.05) is 0 Å². The van der Waals surface area contributed by atoms with Crippen molar-refractivity contribution in [2.75, 3.05) is 13.1 Å². The van der Waals surface area contributed by atoms with E-state index in [1.54, 1.807) is 11.8 Å². The number of carboxylic acids is 1. The van der Waals surface area contributed by atoms with Crippen molar-refractivity contribution in [2.24, 2.45) is 0 Å². The third-order valence-corrected chi connectivity index (χ3v) is 4.80. The molecule has 0 atom stereocenters. The summed E-state index contributed by atoms with van der Waals surface area (Å²) in [6.45, 7) is 8.11. The number of carboxylic acid groups (broad SMARTS) is 1. The van der Waals surface area contributed by atoms with E-state index in [2.05, 4.69) is 50.4 Å². The highest BCUT2D eigenvalue weighted by atomic mass is 32.2. The summed E-state index contributed by atoms with van der Waals surface area (Å²) in [5.74, 6) is -0.722. The monoisotopic (exact) mass is 279 g/mol. The third kappa shape index (κ3) is 3.51. The predicted molar refractivity (Wildman–Crippen MR) is 78.9 cm³/mol. The van der Waals surface area contributed by atoms with Gasteiger partial charge < -0.3 is 10.4 Å².